The van der Waals surface area contributed by atoms with Crippen molar-refractivity contribution in [3.05, 3.63) is 54.7 Å². The molecule has 1 aromatic heterocycles. The lowest BCUT2D eigenvalue weighted by molar-refractivity contribution is 0.262. The van der Waals surface area contributed by atoms with Gasteiger partial charge in [-0.25, -0.2) is 4.79 Å². The highest BCUT2D eigenvalue weighted by molar-refractivity contribution is 6.05. The molecule has 3 rings (SSSR count). The van der Waals surface area contributed by atoms with E-state index in [4.69, 9.17) is 5.26 Å². The summed E-state index contributed by atoms with van der Waals surface area (Å²) in [6.07, 6.45) is 2.11. The summed E-state index contributed by atoms with van der Waals surface area (Å²) in [5.74, 6) is 0.445. The number of aryl methyl sites for hydroxylation is 1. The zero-order valence-electron chi connectivity index (χ0n) is 12.4. The van der Waals surface area contributed by atoms with E-state index in [9.17, 15) is 4.79 Å². The number of nitriles is 1. The first-order valence-electron chi connectivity index (χ1n) is 7.22. The Morgan fingerprint density at radius 1 is 1.13 bits per heavy atom. The van der Waals surface area contributed by atoms with Gasteiger partial charge in [-0.3, -0.25) is 10.00 Å². The quantitative estimate of drug-likeness (QED) is 0.772. The van der Waals surface area contributed by atoms with Crippen LogP contribution in [0.2, 0.25) is 0 Å². The van der Waals surface area contributed by atoms with Gasteiger partial charge in [-0.05, 0) is 11.5 Å². The number of hydrogen-bond acceptors (Lipinski definition) is 3. The summed E-state index contributed by atoms with van der Waals surface area (Å²) < 4.78 is 1.62. The number of hydrogen-bond donors (Lipinski definition) is 2. The van der Waals surface area contributed by atoms with E-state index < -0.39 is 0 Å². The average Bonchev–Trinajstić information content (AvgIpc) is 3.00. The molecule has 2 N–H and O–H groups in total. The van der Waals surface area contributed by atoms with E-state index in [-0.39, 0.29) is 6.03 Å². The van der Waals surface area contributed by atoms with Crippen molar-refractivity contribution in [1.29, 1.82) is 5.26 Å². The first kappa shape index (κ1) is 14.6. The van der Waals surface area contributed by atoms with Gasteiger partial charge in [-0.15, -0.1) is 0 Å². The number of carbonyl (C=O) groups excluding carboxylic acids is 1. The third-order valence-electron chi connectivity index (χ3n) is 3.37. The predicted molar refractivity (Wildman–Crippen MR) is 89.0 cm³/mol. The number of nitrogens with zero attached hydrogens (tertiary/aromatic N) is 3. The largest absolute Gasteiger partial charge is 0.324 e. The Labute approximate surface area is 133 Å². The number of anilines is 2. The van der Waals surface area contributed by atoms with Crippen molar-refractivity contribution >= 4 is 28.3 Å². The van der Waals surface area contributed by atoms with Gasteiger partial charge < -0.3 is 5.32 Å². The topological polar surface area (TPSA) is 82.7 Å². The van der Waals surface area contributed by atoms with Gasteiger partial charge in [0.2, 0.25) is 0 Å². The highest BCUT2D eigenvalue weighted by Gasteiger charge is 2.07. The van der Waals surface area contributed by atoms with Gasteiger partial charge in [-0.1, -0.05) is 36.4 Å². The fourth-order valence-electron chi connectivity index (χ4n) is 2.32. The van der Waals surface area contributed by atoms with Crippen molar-refractivity contribution in [3.63, 3.8) is 0 Å². The van der Waals surface area contributed by atoms with Crippen molar-refractivity contribution in [3.8, 4) is 6.07 Å². The molecule has 1 heterocycles. The Bertz CT molecular complexity index is 873. The minimum atomic E-state index is -0.355. The number of carbonyl (C=O) groups is 1. The van der Waals surface area contributed by atoms with Crippen molar-refractivity contribution in [2.75, 3.05) is 10.6 Å². The fourth-order valence-corrected chi connectivity index (χ4v) is 2.32. The van der Waals surface area contributed by atoms with E-state index in [1.165, 1.54) is 0 Å². The third kappa shape index (κ3) is 3.47. The Morgan fingerprint density at radius 2 is 1.96 bits per heavy atom. The number of nitrogens with one attached hydrogen (secondary N) is 2. The molecule has 6 heteroatoms. The Morgan fingerprint density at radius 3 is 2.83 bits per heavy atom. The second-order valence-corrected chi connectivity index (χ2v) is 4.98. The molecule has 114 valence electrons. The maximum absolute atomic E-state index is 12.1. The van der Waals surface area contributed by atoms with Crippen molar-refractivity contribution in [2.45, 2.75) is 13.0 Å². The summed E-state index contributed by atoms with van der Waals surface area (Å²) in [4.78, 5) is 12.1. The molecule has 3 aromatic rings. The molecule has 0 radical (unpaired) electrons. The van der Waals surface area contributed by atoms with Crippen LogP contribution < -0.4 is 10.6 Å². The molecule has 0 fully saturated rings. The van der Waals surface area contributed by atoms with Crippen molar-refractivity contribution in [2.24, 2.45) is 0 Å². The van der Waals surface area contributed by atoms with E-state index in [2.05, 4.69) is 21.8 Å². The van der Waals surface area contributed by atoms with Crippen LogP contribution in [0.1, 0.15) is 6.42 Å². The molecular formula is C17H15N5O. The summed E-state index contributed by atoms with van der Waals surface area (Å²) in [5, 5.41) is 20.3. The maximum Gasteiger partial charge on any atom is 0.324 e. The van der Waals surface area contributed by atoms with Gasteiger partial charge in [0.25, 0.3) is 0 Å². The zero-order chi connectivity index (χ0) is 16.1. The number of urea groups is 1. The van der Waals surface area contributed by atoms with E-state index in [0.717, 1.165) is 16.5 Å². The maximum atomic E-state index is 12.1. The Hall–Kier alpha value is -3.33. The Kier molecular flexibility index (Phi) is 4.20. The van der Waals surface area contributed by atoms with Gasteiger partial charge in [0.1, 0.15) is 0 Å². The van der Waals surface area contributed by atoms with Crippen molar-refractivity contribution in [1.82, 2.24) is 9.78 Å². The van der Waals surface area contributed by atoms with Crippen molar-refractivity contribution < 1.29 is 4.79 Å². The van der Waals surface area contributed by atoms with E-state index in [1.807, 2.05) is 42.5 Å². The second-order valence-electron chi connectivity index (χ2n) is 4.98. The predicted octanol–water partition coefficient (Wildman–Crippen LogP) is 3.59. The fraction of sp³-hybridized carbons (Fsp3) is 0.118. The number of amides is 2. The van der Waals surface area contributed by atoms with Gasteiger partial charge >= 0.3 is 6.03 Å². The zero-order valence-corrected chi connectivity index (χ0v) is 12.4. The molecule has 2 aromatic carbocycles. The SMILES string of the molecule is N#CCCn1ccc(NC(=O)Nc2cccc3ccccc23)n1. The van der Waals surface area contributed by atoms with Gasteiger partial charge in [0.15, 0.2) is 5.82 Å². The van der Waals surface area contributed by atoms with Gasteiger partial charge in [-0.2, -0.15) is 10.4 Å². The molecule has 0 aliphatic carbocycles. The third-order valence-corrected chi connectivity index (χ3v) is 3.37. The molecule has 0 unspecified atom stereocenters. The van der Waals surface area contributed by atoms with Crippen LogP contribution in [0, 0.1) is 11.3 Å². The molecular weight excluding hydrogens is 290 g/mol. The normalized spacial score (nSPS) is 10.2. The minimum Gasteiger partial charge on any atom is -0.307 e. The first-order chi connectivity index (χ1) is 11.3. The monoisotopic (exact) mass is 305 g/mol. The van der Waals surface area contributed by atoms with Crippen LogP contribution in [-0.2, 0) is 6.54 Å². The van der Waals surface area contributed by atoms with Crippen LogP contribution in [0.3, 0.4) is 0 Å². The van der Waals surface area contributed by atoms with Crippen LogP contribution in [0.25, 0.3) is 10.8 Å². The number of fused-ring (bicyclic) bond motifs is 1. The smallest absolute Gasteiger partial charge is 0.307 e. The molecule has 0 spiro atoms. The minimum absolute atomic E-state index is 0.355. The van der Waals surface area contributed by atoms with E-state index in [1.54, 1.807) is 16.9 Å². The van der Waals surface area contributed by atoms with Gasteiger partial charge in [0, 0.05) is 17.6 Å². The molecule has 0 saturated heterocycles. The summed E-state index contributed by atoms with van der Waals surface area (Å²) in [6.45, 7) is 0.503. The first-order valence-corrected chi connectivity index (χ1v) is 7.22. The van der Waals surface area contributed by atoms with E-state index in [0.29, 0.717) is 18.8 Å². The van der Waals surface area contributed by atoms with Crippen LogP contribution in [0.5, 0.6) is 0 Å². The highest BCUT2D eigenvalue weighted by Crippen LogP contribution is 2.23. The standard InChI is InChI=1S/C17H15N5O/c18-10-4-11-22-12-9-16(21-22)20-17(23)19-15-8-3-6-13-5-1-2-7-14(13)15/h1-3,5-9,12H,4,11H2,(H2,19,20,21,23). The molecule has 0 bridgehead atoms. The Balaban J connectivity index is 1.69. The van der Waals surface area contributed by atoms with Crippen LogP contribution in [-0.4, -0.2) is 15.8 Å². The molecule has 0 aliphatic heterocycles. The van der Waals surface area contributed by atoms with Gasteiger partial charge in [0.05, 0.1) is 24.7 Å². The van der Waals surface area contributed by atoms with Crippen LogP contribution in [0.4, 0.5) is 16.3 Å². The second kappa shape index (κ2) is 6.62. The number of aromatic nitrogens is 2. The lowest BCUT2D eigenvalue weighted by atomic mass is 10.1. The lowest BCUT2D eigenvalue weighted by Crippen LogP contribution is -2.20. The number of benzene rings is 2. The summed E-state index contributed by atoms with van der Waals surface area (Å²) in [6, 6.07) is 17.0. The lowest BCUT2D eigenvalue weighted by Gasteiger charge is -2.08. The molecule has 23 heavy (non-hydrogen) atoms. The van der Waals surface area contributed by atoms with Crippen LogP contribution in [0.15, 0.2) is 54.7 Å². The molecule has 0 aliphatic rings. The molecule has 6 nitrogen and oxygen atoms in total. The average molecular weight is 305 g/mol. The molecule has 0 saturated carbocycles. The van der Waals surface area contributed by atoms with Crippen LogP contribution >= 0.6 is 0 Å². The number of rotatable bonds is 4. The molecule has 0 atom stereocenters. The summed E-state index contributed by atoms with van der Waals surface area (Å²) >= 11 is 0. The summed E-state index contributed by atoms with van der Waals surface area (Å²) in [5.41, 5.74) is 0.740. The summed E-state index contributed by atoms with van der Waals surface area (Å²) in [7, 11) is 0. The highest BCUT2D eigenvalue weighted by atomic mass is 16.2. The van der Waals surface area contributed by atoms with E-state index >= 15 is 0 Å². The molecule has 2 amide bonds.